The van der Waals surface area contributed by atoms with Gasteiger partial charge < -0.3 is 15.0 Å². The van der Waals surface area contributed by atoms with Crippen LogP contribution in [0.1, 0.15) is 38.2 Å². The summed E-state index contributed by atoms with van der Waals surface area (Å²) in [6.45, 7) is 3.42. The second kappa shape index (κ2) is 10.5. The molecule has 1 amide bonds. The highest BCUT2D eigenvalue weighted by molar-refractivity contribution is 8.01. The van der Waals surface area contributed by atoms with Gasteiger partial charge in [-0.2, -0.15) is 0 Å². The molecule has 2 aromatic rings. The molecule has 6 nitrogen and oxygen atoms in total. The molecule has 1 heterocycles. The van der Waals surface area contributed by atoms with E-state index in [1.807, 2.05) is 36.1 Å². The number of benzene rings is 1. The Balaban J connectivity index is 1.48. The van der Waals surface area contributed by atoms with Crippen molar-refractivity contribution in [3.63, 3.8) is 0 Å². The minimum absolute atomic E-state index is 0.142. The van der Waals surface area contributed by atoms with Crippen molar-refractivity contribution in [3.05, 3.63) is 41.6 Å². The van der Waals surface area contributed by atoms with Gasteiger partial charge in [0.2, 0.25) is 11.0 Å². The fraction of sp³-hybridized carbons (Fsp3) is 0.450. The molecule has 1 aliphatic rings. The second-order valence-corrected chi connectivity index (χ2v) is 8.64. The quantitative estimate of drug-likeness (QED) is 0.602. The van der Waals surface area contributed by atoms with Crippen molar-refractivity contribution in [1.82, 2.24) is 15.1 Å². The Bertz CT molecular complexity index is 805. The summed E-state index contributed by atoms with van der Waals surface area (Å²) in [5, 5.41) is 12.4. The molecule has 1 aromatic heterocycles. The summed E-state index contributed by atoms with van der Waals surface area (Å²) in [7, 11) is 1.66. The molecule has 0 spiro atoms. The maximum absolute atomic E-state index is 12.6. The first kappa shape index (κ1) is 20.7. The number of carbonyl (C=O) groups is 1. The molecule has 0 fully saturated rings. The highest BCUT2D eigenvalue weighted by atomic mass is 32.2. The van der Waals surface area contributed by atoms with Gasteiger partial charge in [-0.3, -0.25) is 4.79 Å². The van der Waals surface area contributed by atoms with E-state index in [1.165, 1.54) is 41.6 Å². The molecule has 3 rings (SSSR count). The molecule has 0 saturated carbocycles. The van der Waals surface area contributed by atoms with E-state index in [-0.39, 0.29) is 5.91 Å². The first-order chi connectivity index (χ1) is 13.7. The van der Waals surface area contributed by atoms with Crippen molar-refractivity contribution in [3.8, 4) is 5.75 Å². The highest BCUT2D eigenvalue weighted by Gasteiger charge is 2.18. The first-order valence-electron chi connectivity index (χ1n) is 9.52. The molecule has 0 aliphatic heterocycles. The number of hydrogen-bond donors (Lipinski definition) is 1. The minimum atomic E-state index is 0.142. The number of methoxy groups -OCH3 is 1. The first-order valence-corrected chi connectivity index (χ1v) is 11.3. The Hall–Kier alpha value is -2.06. The van der Waals surface area contributed by atoms with Gasteiger partial charge in [-0.1, -0.05) is 41.3 Å². The minimum Gasteiger partial charge on any atom is -0.497 e. The van der Waals surface area contributed by atoms with Crippen molar-refractivity contribution in [2.45, 2.75) is 43.5 Å². The van der Waals surface area contributed by atoms with Crippen LogP contribution in [0.2, 0.25) is 0 Å². The van der Waals surface area contributed by atoms with Crippen LogP contribution in [0, 0.1) is 0 Å². The summed E-state index contributed by atoms with van der Waals surface area (Å²) in [6, 6.07) is 7.90. The lowest BCUT2D eigenvalue weighted by atomic mass is 10.0. The van der Waals surface area contributed by atoms with Crippen LogP contribution in [0.5, 0.6) is 5.75 Å². The van der Waals surface area contributed by atoms with Crippen LogP contribution < -0.4 is 10.1 Å². The Morgan fingerprint density at radius 3 is 2.79 bits per heavy atom. The van der Waals surface area contributed by atoms with Crippen LogP contribution in [0.4, 0.5) is 5.13 Å². The predicted molar refractivity (Wildman–Crippen MR) is 115 cm³/mol. The third-order valence-corrected chi connectivity index (χ3v) is 6.56. The molecular weight excluding hydrogens is 392 g/mol. The molecule has 1 aromatic carbocycles. The Labute approximate surface area is 174 Å². The number of amides is 1. The number of allylic oxidation sites excluding steroid dienone is 2. The number of anilines is 1. The number of carbonyl (C=O) groups excluding carboxylic acids is 1. The summed E-state index contributed by atoms with van der Waals surface area (Å²) >= 11 is 2.93. The monoisotopic (exact) mass is 418 g/mol. The Morgan fingerprint density at radius 1 is 1.29 bits per heavy atom. The normalized spacial score (nSPS) is 13.7. The van der Waals surface area contributed by atoms with Crippen LogP contribution in [-0.4, -0.2) is 40.4 Å². The van der Waals surface area contributed by atoms with E-state index < -0.39 is 0 Å². The lowest BCUT2D eigenvalue weighted by Gasteiger charge is -2.26. The van der Waals surface area contributed by atoms with Crippen LogP contribution in [0.25, 0.3) is 0 Å². The lowest BCUT2D eigenvalue weighted by Crippen LogP contribution is -2.32. The molecule has 150 valence electrons. The molecule has 0 atom stereocenters. The number of aromatic nitrogens is 2. The summed E-state index contributed by atoms with van der Waals surface area (Å²) in [5.74, 6) is 1.37. The largest absolute Gasteiger partial charge is 0.497 e. The number of nitrogens with one attached hydrogen (secondary N) is 1. The maximum atomic E-state index is 12.6. The lowest BCUT2D eigenvalue weighted by molar-refractivity contribution is -0.126. The third-order valence-electron chi connectivity index (χ3n) is 4.56. The molecule has 0 bridgehead atoms. The molecule has 8 heteroatoms. The van der Waals surface area contributed by atoms with E-state index in [2.05, 4.69) is 21.6 Å². The smallest absolute Gasteiger partial charge is 0.237 e. The Morgan fingerprint density at radius 2 is 2.11 bits per heavy atom. The summed E-state index contributed by atoms with van der Waals surface area (Å²) in [4.78, 5) is 14.5. The zero-order valence-electron chi connectivity index (χ0n) is 16.3. The van der Waals surface area contributed by atoms with Crippen molar-refractivity contribution < 1.29 is 9.53 Å². The summed E-state index contributed by atoms with van der Waals surface area (Å²) < 4.78 is 5.97. The zero-order chi connectivity index (χ0) is 19.8. The standard InChI is InChI=1S/C20H26N4O2S2/c1-3-24(16-7-5-4-6-8-16)18(25)14-27-20-23-22-19(28-20)21-13-15-9-11-17(26-2)12-10-15/h7,9-12H,3-6,8,13-14H2,1-2H3,(H,21,22). The SMILES string of the molecule is CCN(C(=O)CSc1nnc(NCc2ccc(OC)cc2)s1)C1=CCCCC1. The maximum Gasteiger partial charge on any atom is 0.237 e. The van der Waals surface area contributed by atoms with Gasteiger partial charge in [0.1, 0.15) is 5.75 Å². The molecule has 28 heavy (non-hydrogen) atoms. The fourth-order valence-corrected chi connectivity index (χ4v) is 4.69. The van der Waals surface area contributed by atoms with Gasteiger partial charge in [0.15, 0.2) is 4.34 Å². The molecule has 0 unspecified atom stereocenters. The van der Waals surface area contributed by atoms with E-state index in [1.54, 1.807) is 7.11 Å². The van der Waals surface area contributed by atoms with Crippen molar-refractivity contribution in [1.29, 1.82) is 0 Å². The Kier molecular flexibility index (Phi) is 7.73. The van der Waals surface area contributed by atoms with Gasteiger partial charge in [-0.05, 0) is 50.3 Å². The summed E-state index contributed by atoms with van der Waals surface area (Å²) in [5.41, 5.74) is 2.32. The predicted octanol–water partition coefficient (Wildman–Crippen LogP) is 4.56. The van der Waals surface area contributed by atoms with E-state index >= 15 is 0 Å². The fourth-order valence-electron chi connectivity index (χ4n) is 3.07. The zero-order valence-corrected chi connectivity index (χ0v) is 17.9. The van der Waals surface area contributed by atoms with Crippen LogP contribution >= 0.6 is 23.1 Å². The van der Waals surface area contributed by atoms with Crippen LogP contribution in [0.3, 0.4) is 0 Å². The molecule has 0 radical (unpaired) electrons. The molecule has 1 aliphatic carbocycles. The van der Waals surface area contributed by atoms with Crippen molar-refractivity contribution in [2.75, 3.05) is 24.7 Å². The molecule has 0 saturated heterocycles. The van der Waals surface area contributed by atoms with Crippen LogP contribution in [-0.2, 0) is 11.3 Å². The van der Waals surface area contributed by atoms with Crippen molar-refractivity contribution in [2.24, 2.45) is 0 Å². The van der Waals surface area contributed by atoms with E-state index in [0.717, 1.165) is 40.2 Å². The van der Waals surface area contributed by atoms with Gasteiger partial charge in [-0.25, -0.2) is 0 Å². The van der Waals surface area contributed by atoms with Gasteiger partial charge in [-0.15, -0.1) is 10.2 Å². The summed E-state index contributed by atoms with van der Waals surface area (Å²) in [6.07, 6.45) is 6.68. The highest BCUT2D eigenvalue weighted by Crippen LogP contribution is 2.27. The molecule has 1 N–H and O–H groups in total. The number of rotatable bonds is 9. The number of nitrogens with zero attached hydrogens (tertiary/aromatic N) is 3. The number of hydrogen-bond acceptors (Lipinski definition) is 7. The van der Waals surface area contributed by atoms with Crippen LogP contribution in [0.15, 0.2) is 40.4 Å². The third kappa shape index (κ3) is 5.72. The number of ether oxygens (including phenoxy) is 1. The average Bonchev–Trinajstić information content (AvgIpc) is 3.20. The van der Waals surface area contributed by atoms with Gasteiger partial charge in [0.05, 0.1) is 12.9 Å². The molecular formula is C20H26N4O2S2. The average molecular weight is 419 g/mol. The van der Waals surface area contributed by atoms with E-state index in [4.69, 9.17) is 4.74 Å². The van der Waals surface area contributed by atoms with Gasteiger partial charge >= 0.3 is 0 Å². The van der Waals surface area contributed by atoms with Gasteiger partial charge in [0, 0.05) is 18.8 Å². The van der Waals surface area contributed by atoms with Crippen molar-refractivity contribution >= 4 is 34.1 Å². The van der Waals surface area contributed by atoms with Gasteiger partial charge in [0.25, 0.3) is 0 Å². The van der Waals surface area contributed by atoms with E-state index in [9.17, 15) is 4.79 Å². The van der Waals surface area contributed by atoms with E-state index in [0.29, 0.717) is 12.3 Å². The second-order valence-electron chi connectivity index (χ2n) is 6.44. The topological polar surface area (TPSA) is 67.4 Å². The number of thioether (sulfide) groups is 1.